The summed E-state index contributed by atoms with van der Waals surface area (Å²) in [5.74, 6) is 3.59. The molecular formula is C22H27N5OS. The largest absolute Gasteiger partial charge is 0.356 e. The van der Waals surface area contributed by atoms with Crippen LogP contribution in [0.2, 0.25) is 0 Å². The van der Waals surface area contributed by atoms with Gasteiger partial charge in [-0.1, -0.05) is 30.3 Å². The van der Waals surface area contributed by atoms with Gasteiger partial charge in [-0.15, -0.1) is 5.10 Å². The lowest BCUT2D eigenvalue weighted by Crippen LogP contribution is -2.31. The molecule has 7 heteroatoms. The van der Waals surface area contributed by atoms with E-state index in [1.807, 2.05) is 23.7 Å². The second-order valence-electron chi connectivity index (χ2n) is 7.43. The van der Waals surface area contributed by atoms with Gasteiger partial charge in [-0.3, -0.25) is 4.90 Å². The normalized spacial score (nSPS) is 16.9. The van der Waals surface area contributed by atoms with Crippen molar-refractivity contribution in [1.82, 2.24) is 19.5 Å². The van der Waals surface area contributed by atoms with Crippen LogP contribution in [-0.2, 0) is 11.3 Å². The summed E-state index contributed by atoms with van der Waals surface area (Å²) in [7, 11) is 1.84. The molecule has 5 rings (SSSR count). The van der Waals surface area contributed by atoms with Crippen LogP contribution in [0, 0.1) is 5.92 Å². The molecule has 3 aromatic rings. The van der Waals surface area contributed by atoms with Crippen LogP contribution in [0.25, 0.3) is 16.9 Å². The van der Waals surface area contributed by atoms with E-state index in [0.29, 0.717) is 11.9 Å². The molecule has 1 saturated carbocycles. The predicted molar refractivity (Wildman–Crippen MR) is 119 cm³/mol. The van der Waals surface area contributed by atoms with Crippen molar-refractivity contribution >= 4 is 29.6 Å². The second-order valence-corrected chi connectivity index (χ2v) is 8.65. The molecule has 2 fully saturated rings. The topological polar surface area (TPSA) is 62.5 Å². The molecule has 1 aromatic carbocycles. The quantitative estimate of drug-likeness (QED) is 0.650. The van der Waals surface area contributed by atoms with Crippen LogP contribution in [0.5, 0.6) is 0 Å². The van der Waals surface area contributed by atoms with Gasteiger partial charge in [0.2, 0.25) is 5.95 Å². The number of rotatable bonds is 5. The average Bonchev–Trinajstić information content (AvgIpc) is 3.52. The van der Waals surface area contributed by atoms with Gasteiger partial charge in [-0.2, -0.15) is 16.7 Å². The Kier molecular flexibility index (Phi) is 6.46. The van der Waals surface area contributed by atoms with E-state index in [2.05, 4.69) is 62.4 Å². The highest BCUT2D eigenvalue weighted by Gasteiger charge is 2.19. The molecule has 0 unspecified atom stereocenters. The van der Waals surface area contributed by atoms with Crippen LogP contribution in [0.4, 0.5) is 5.95 Å². The molecule has 0 atom stereocenters. The van der Waals surface area contributed by atoms with Crippen molar-refractivity contribution in [3.8, 4) is 11.3 Å². The first kappa shape index (κ1) is 19.9. The van der Waals surface area contributed by atoms with Crippen molar-refractivity contribution in [3.05, 3.63) is 48.0 Å². The molecule has 3 heterocycles. The molecule has 0 amide bonds. The molecule has 6 nitrogen and oxygen atoms in total. The highest BCUT2D eigenvalue weighted by atomic mass is 32.2. The average molecular weight is 410 g/mol. The van der Waals surface area contributed by atoms with E-state index in [1.165, 1.54) is 30.2 Å². The van der Waals surface area contributed by atoms with Gasteiger partial charge in [0.15, 0.2) is 5.65 Å². The van der Waals surface area contributed by atoms with Crippen molar-refractivity contribution in [2.75, 3.05) is 37.0 Å². The zero-order chi connectivity index (χ0) is 20.1. The van der Waals surface area contributed by atoms with Crippen molar-refractivity contribution in [1.29, 1.82) is 0 Å². The number of nitrogens with zero attached hydrogens (tertiary/aromatic N) is 4. The van der Waals surface area contributed by atoms with Gasteiger partial charge in [0.05, 0.1) is 5.69 Å². The van der Waals surface area contributed by atoms with Gasteiger partial charge in [0.1, 0.15) is 6.29 Å². The third-order valence-corrected chi connectivity index (χ3v) is 6.10. The van der Waals surface area contributed by atoms with E-state index in [-0.39, 0.29) is 0 Å². The monoisotopic (exact) mass is 409 g/mol. The fourth-order valence-electron chi connectivity index (χ4n) is 3.26. The Bertz CT molecular complexity index is 945. The van der Waals surface area contributed by atoms with Crippen LogP contribution < -0.4 is 5.32 Å². The Labute approximate surface area is 175 Å². The Balaban J connectivity index is 0.000000359. The molecule has 2 aromatic heterocycles. The summed E-state index contributed by atoms with van der Waals surface area (Å²) in [6.07, 6.45) is 3.31. The molecule has 1 N–H and O–H groups in total. The van der Waals surface area contributed by atoms with E-state index in [9.17, 15) is 4.79 Å². The lowest BCUT2D eigenvalue weighted by molar-refractivity contribution is -0.108. The number of benzene rings is 1. The van der Waals surface area contributed by atoms with Crippen molar-refractivity contribution in [2.24, 2.45) is 5.92 Å². The molecule has 29 heavy (non-hydrogen) atoms. The van der Waals surface area contributed by atoms with Crippen LogP contribution in [0.3, 0.4) is 0 Å². The van der Waals surface area contributed by atoms with Gasteiger partial charge in [0, 0.05) is 49.7 Å². The number of aromatic nitrogens is 3. The van der Waals surface area contributed by atoms with Crippen molar-refractivity contribution < 1.29 is 4.79 Å². The van der Waals surface area contributed by atoms with E-state index < -0.39 is 0 Å². The van der Waals surface area contributed by atoms with Crippen LogP contribution in [0.1, 0.15) is 18.4 Å². The molecule has 0 spiro atoms. The van der Waals surface area contributed by atoms with Gasteiger partial charge in [0.25, 0.3) is 0 Å². The molecule has 1 aliphatic heterocycles. The number of anilines is 1. The zero-order valence-corrected chi connectivity index (χ0v) is 17.6. The lowest BCUT2D eigenvalue weighted by Gasteiger charge is -2.26. The Morgan fingerprint density at radius 3 is 2.52 bits per heavy atom. The summed E-state index contributed by atoms with van der Waals surface area (Å²) in [5.41, 5.74) is 4.44. The number of thioether (sulfide) groups is 1. The standard InChI is InChI=1S/C18H21N5S.C4H6O/c1-19-18-20-17-4-2-3-16(23(17)21-18)15-7-5-14(6-8-15)13-22-9-11-24-12-10-22;5-3-4-1-2-4/h2-8H,9-13H2,1H3,(H,19,21);3-4H,1-2H2. The maximum atomic E-state index is 9.57. The number of carbonyl (C=O) groups excluding carboxylic acids is 1. The summed E-state index contributed by atoms with van der Waals surface area (Å²) in [4.78, 5) is 16.5. The number of hydrogen-bond acceptors (Lipinski definition) is 6. The number of nitrogens with one attached hydrogen (secondary N) is 1. The maximum Gasteiger partial charge on any atom is 0.242 e. The Hall–Kier alpha value is -2.38. The zero-order valence-electron chi connectivity index (χ0n) is 16.8. The second kappa shape index (κ2) is 9.41. The van der Waals surface area contributed by atoms with E-state index in [0.717, 1.165) is 42.6 Å². The molecule has 1 saturated heterocycles. The summed E-state index contributed by atoms with van der Waals surface area (Å²) >= 11 is 2.05. The minimum Gasteiger partial charge on any atom is -0.356 e. The molecule has 0 radical (unpaired) electrons. The summed E-state index contributed by atoms with van der Waals surface area (Å²) < 4.78 is 1.89. The van der Waals surface area contributed by atoms with Crippen molar-refractivity contribution in [3.63, 3.8) is 0 Å². The summed E-state index contributed by atoms with van der Waals surface area (Å²) in [6, 6.07) is 14.9. The third-order valence-electron chi connectivity index (χ3n) is 5.16. The van der Waals surface area contributed by atoms with Crippen LogP contribution in [0.15, 0.2) is 42.5 Å². The predicted octanol–water partition coefficient (Wildman–Crippen LogP) is 3.58. The molecule has 152 valence electrons. The van der Waals surface area contributed by atoms with Gasteiger partial charge < -0.3 is 10.1 Å². The minimum absolute atomic E-state index is 0.454. The van der Waals surface area contributed by atoms with Crippen molar-refractivity contribution in [2.45, 2.75) is 19.4 Å². The minimum atomic E-state index is 0.454. The number of fused-ring (bicyclic) bond motifs is 1. The number of aldehydes is 1. The van der Waals surface area contributed by atoms with E-state index in [4.69, 9.17) is 0 Å². The van der Waals surface area contributed by atoms with E-state index in [1.54, 1.807) is 0 Å². The first-order valence-corrected chi connectivity index (χ1v) is 11.3. The lowest BCUT2D eigenvalue weighted by atomic mass is 10.1. The first-order chi connectivity index (χ1) is 14.3. The van der Waals surface area contributed by atoms with Gasteiger partial charge in [-0.05, 0) is 30.5 Å². The highest BCUT2D eigenvalue weighted by molar-refractivity contribution is 7.99. The first-order valence-electron chi connectivity index (χ1n) is 10.1. The summed E-state index contributed by atoms with van der Waals surface area (Å²) in [6.45, 7) is 3.42. The number of pyridine rings is 1. The fourth-order valence-corrected chi connectivity index (χ4v) is 4.24. The molecule has 2 aliphatic rings. The number of carbonyl (C=O) groups is 1. The Morgan fingerprint density at radius 1 is 1.14 bits per heavy atom. The Morgan fingerprint density at radius 2 is 1.90 bits per heavy atom. The molecule has 1 aliphatic carbocycles. The molecule has 0 bridgehead atoms. The smallest absolute Gasteiger partial charge is 0.242 e. The van der Waals surface area contributed by atoms with Gasteiger partial charge >= 0.3 is 0 Å². The maximum absolute atomic E-state index is 9.57. The molecular weight excluding hydrogens is 382 g/mol. The number of hydrogen-bond donors (Lipinski definition) is 1. The van der Waals surface area contributed by atoms with Gasteiger partial charge in [-0.25, -0.2) is 4.52 Å². The SMILES string of the molecule is CNc1nc2cccc(-c3ccc(CN4CCSCC4)cc3)n2n1.O=CC1CC1. The van der Waals surface area contributed by atoms with E-state index >= 15 is 0 Å². The fraction of sp³-hybridized carbons (Fsp3) is 0.409. The van der Waals surface area contributed by atoms with Crippen LogP contribution in [-0.4, -0.2) is 57.4 Å². The highest BCUT2D eigenvalue weighted by Crippen LogP contribution is 2.25. The van der Waals surface area contributed by atoms with Crippen LogP contribution >= 0.6 is 11.8 Å². The summed E-state index contributed by atoms with van der Waals surface area (Å²) in [5, 5.41) is 7.51. The third kappa shape index (κ3) is 5.16.